The van der Waals surface area contributed by atoms with E-state index in [2.05, 4.69) is 26.0 Å². The van der Waals surface area contributed by atoms with Crippen molar-refractivity contribution in [1.29, 1.82) is 0 Å². The first-order chi connectivity index (χ1) is 8.99. The van der Waals surface area contributed by atoms with Gasteiger partial charge in [-0.05, 0) is 66.0 Å². The van der Waals surface area contributed by atoms with E-state index in [0.717, 1.165) is 38.1 Å². The Morgan fingerprint density at radius 3 is 2.80 bits per heavy atom. The standard InChI is InChI=1S/C12H16BrFN2O2S.ClH/c13-11-6-10(14)3-4-12(11)19(17,18)16-8-9-2-1-5-15-7-9;/h3-4,6,9,15-16H,1-2,5,7-8H2;1H. The predicted molar refractivity (Wildman–Crippen MR) is 82.1 cm³/mol. The maximum absolute atomic E-state index is 13.0. The molecular weight excluding hydrogens is 371 g/mol. The maximum atomic E-state index is 13.0. The number of nitrogens with one attached hydrogen (secondary N) is 2. The molecule has 0 radical (unpaired) electrons. The van der Waals surface area contributed by atoms with Gasteiger partial charge in [0.05, 0.1) is 4.90 Å². The highest BCUT2D eigenvalue weighted by Crippen LogP contribution is 2.22. The summed E-state index contributed by atoms with van der Waals surface area (Å²) < 4.78 is 40.0. The van der Waals surface area contributed by atoms with Crippen LogP contribution in [0.4, 0.5) is 4.39 Å². The Hall–Kier alpha value is -0.210. The molecule has 0 aromatic heterocycles. The second-order valence-corrected chi connectivity index (χ2v) is 7.23. The minimum Gasteiger partial charge on any atom is -0.316 e. The third kappa shape index (κ3) is 4.66. The second kappa shape index (κ2) is 7.70. The monoisotopic (exact) mass is 386 g/mol. The molecule has 8 heteroatoms. The van der Waals surface area contributed by atoms with Crippen LogP contribution in [0, 0.1) is 11.7 Å². The zero-order valence-corrected chi connectivity index (χ0v) is 14.0. The average Bonchev–Trinajstić information content (AvgIpc) is 2.37. The molecule has 1 heterocycles. The van der Waals surface area contributed by atoms with Gasteiger partial charge in [-0.25, -0.2) is 17.5 Å². The van der Waals surface area contributed by atoms with E-state index in [0.29, 0.717) is 12.5 Å². The molecule has 114 valence electrons. The van der Waals surface area contributed by atoms with Crippen LogP contribution in [0.5, 0.6) is 0 Å². The van der Waals surface area contributed by atoms with E-state index in [1.807, 2.05) is 0 Å². The van der Waals surface area contributed by atoms with Gasteiger partial charge < -0.3 is 5.32 Å². The van der Waals surface area contributed by atoms with Crippen molar-refractivity contribution in [3.05, 3.63) is 28.5 Å². The van der Waals surface area contributed by atoms with Crippen LogP contribution in [0.3, 0.4) is 0 Å². The smallest absolute Gasteiger partial charge is 0.241 e. The third-order valence-corrected chi connectivity index (χ3v) is 5.54. The summed E-state index contributed by atoms with van der Waals surface area (Å²) >= 11 is 3.08. The van der Waals surface area contributed by atoms with Gasteiger partial charge in [0.1, 0.15) is 5.82 Å². The highest BCUT2D eigenvalue weighted by molar-refractivity contribution is 9.10. The van der Waals surface area contributed by atoms with E-state index >= 15 is 0 Å². The molecule has 0 bridgehead atoms. The third-order valence-electron chi connectivity index (χ3n) is 3.14. The second-order valence-electron chi connectivity index (χ2n) is 4.64. The molecule has 0 saturated carbocycles. The first-order valence-electron chi connectivity index (χ1n) is 6.14. The molecule has 0 amide bonds. The largest absolute Gasteiger partial charge is 0.316 e. The first-order valence-corrected chi connectivity index (χ1v) is 8.42. The molecule has 1 saturated heterocycles. The zero-order chi connectivity index (χ0) is 13.9. The van der Waals surface area contributed by atoms with E-state index < -0.39 is 15.8 Å². The number of benzene rings is 1. The maximum Gasteiger partial charge on any atom is 0.241 e. The Bertz CT molecular complexity index is 550. The Morgan fingerprint density at radius 2 is 2.20 bits per heavy atom. The molecule has 0 aliphatic carbocycles. The van der Waals surface area contributed by atoms with Gasteiger partial charge in [0.15, 0.2) is 0 Å². The Kier molecular flexibility index (Phi) is 6.87. The van der Waals surface area contributed by atoms with Crippen LogP contribution in [-0.4, -0.2) is 28.1 Å². The van der Waals surface area contributed by atoms with Crippen LogP contribution in [0.15, 0.2) is 27.6 Å². The van der Waals surface area contributed by atoms with Crippen molar-refractivity contribution in [2.24, 2.45) is 5.92 Å². The van der Waals surface area contributed by atoms with Crippen molar-refractivity contribution in [3.63, 3.8) is 0 Å². The Balaban J connectivity index is 0.00000200. The van der Waals surface area contributed by atoms with Crippen molar-refractivity contribution in [2.45, 2.75) is 17.7 Å². The zero-order valence-electron chi connectivity index (χ0n) is 10.7. The van der Waals surface area contributed by atoms with E-state index in [9.17, 15) is 12.8 Å². The molecule has 1 unspecified atom stereocenters. The van der Waals surface area contributed by atoms with Gasteiger partial charge in [0, 0.05) is 11.0 Å². The lowest BCUT2D eigenvalue weighted by atomic mass is 10.0. The SMILES string of the molecule is Cl.O=S(=O)(NCC1CCCNC1)c1ccc(F)cc1Br. The molecule has 2 rings (SSSR count). The number of piperidine rings is 1. The molecule has 1 aromatic rings. The summed E-state index contributed by atoms with van der Waals surface area (Å²) in [5, 5.41) is 3.24. The quantitative estimate of drug-likeness (QED) is 0.833. The molecule has 1 fully saturated rings. The number of sulfonamides is 1. The molecule has 1 aliphatic rings. The van der Waals surface area contributed by atoms with Crippen LogP contribution < -0.4 is 10.0 Å². The minimum absolute atomic E-state index is 0. The molecule has 20 heavy (non-hydrogen) atoms. The van der Waals surface area contributed by atoms with E-state index in [1.165, 1.54) is 6.07 Å². The fourth-order valence-electron chi connectivity index (χ4n) is 2.10. The lowest BCUT2D eigenvalue weighted by Gasteiger charge is -2.22. The number of rotatable bonds is 4. The van der Waals surface area contributed by atoms with Crippen LogP contribution in [0.25, 0.3) is 0 Å². The van der Waals surface area contributed by atoms with Gasteiger partial charge in [0.2, 0.25) is 10.0 Å². The number of hydrogen-bond acceptors (Lipinski definition) is 3. The summed E-state index contributed by atoms with van der Waals surface area (Å²) in [6.45, 7) is 2.22. The van der Waals surface area contributed by atoms with Crippen LogP contribution in [0.2, 0.25) is 0 Å². The van der Waals surface area contributed by atoms with Gasteiger partial charge in [-0.3, -0.25) is 0 Å². The van der Waals surface area contributed by atoms with Crippen molar-refractivity contribution < 1.29 is 12.8 Å². The summed E-state index contributed by atoms with van der Waals surface area (Å²) in [5.41, 5.74) is 0. The molecule has 4 nitrogen and oxygen atoms in total. The van der Waals surface area contributed by atoms with E-state index in [-0.39, 0.29) is 21.8 Å². The van der Waals surface area contributed by atoms with Crippen LogP contribution in [0.1, 0.15) is 12.8 Å². The fourth-order valence-corrected chi connectivity index (χ4v) is 4.26. The van der Waals surface area contributed by atoms with E-state index in [1.54, 1.807) is 0 Å². The van der Waals surface area contributed by atoms with Crippen molar-refractivity contribution in [3.8, 4) is 0 Å². The molecule has 1 aromatic carbocycles. The Morgan fingerprint density at radius 1 is 1.45 bits per heavy atom. The Labute approximate surface area is 133 Å². The number of hydrogen-bond donors (Lipinski definition) is 2. The summed E-state index contributed by atoms with van der Waals surface area (Å²) in [4.78, 5) is 0.0673. The van der Waals surface area contributed by atoms with Crippen LogP contribution in [-0.2, 0) is 10.0 Å². The fraction of sp³-hybridized carbons (Fsp3) is 0.500. The van der Waals surface area contributed by atoms with Crippen LogP contribution >= 0.6 is 28.3 Å². The lowest BCUT2D eigenvalue weighted by molar-refractivity contribution is 0.376. The molecule has 2 N–H and O–H groups in total. The predicted octanol–water partition coefficient (Wildman–Crippen LogP) is 2.29. The summed E-state index contributed by atoms with van der Waals surface area (Å²) in [6, 6.07) is 3.55. The van der Waals surface area contributed by atoms with Gasteiger partial charge >= 0.3 is 0 Å². The van der Waals surface area contributed by atoms with Crippen molar-refractivity contribution in [1.82, 2.24) is 10.0 Å². The normalized spacial score (nSPS) is 19.4. The van der Waals surface area contributed by atoms with Crippen molar-refractivity contribution in [2.75, 3.05) is 19.6 Å². The van der Waals surface area contributed by atoms with Gasteiger partial charge in [-0.1, -0.05) is 0 Å². The summed E-state index contributed by atoms with van der Waals surface area (Å²) in [5.74, 6) is -0.162. The number of halogens is 3. The topological polar surface area (TPSA) is 58.2 Å². The molecule has 0 spiro atoms. The summed E-state index contributed by atoms with van der Waals surface area (Å²) in [6.07, 6.45) is 2.08. The first kappa shape index (κ1) is 17.8. The highest BCUT2D eigenvalue weighted by atomic mass is 79.9. The van der Waals surface area contributed by atoms with Gasteiger partial charge in [-0.2, -0.15) is 0 Å². The van der Waals surface area contributed by atoms with Gasteiger partial charge in [-0.15, -0.1) is 12.4 Å². The summed E-state index contributed by atoms with van der Waals surface area (Å²) in [7, 11) is -3.60. The molecule has 1 aliphatic heterocycles. The minimum atomic E-state index is -3.60. The van der Waals surface area contributed by atoms with Gasteiger partial charge in [0.25, 0.3) is 0 Å². The van der Waals surface area contributed by atoms with Crippen molar-refractivity contribution >= 4 is 38.4 Å². The van der Waals surface area contributed by atoms with E-state index in [4.69, 9.17) is 0 Å². The lowest BCUT2D eigenvalue weighted by Crippen LogP contribution is -2.38. The molecule has 1 atom stereocenters. The molecular formula is C12H17BrClFN2O2S. The highest BCUT2D eigenvalue weighted by Gasteiger charge is 2.20. The average molecular weight is 388 g/mol.